The lowest BCUT2D eigenvalue weighted by molar-refractivity contribution is -0.167. The van der Waals surface area contributed by atoms with Gasteiger partial charge in [-0.1, -0.05) is 221 Å². The summed E-state index contributed by atoms with van der Waals surface area (Å²) in [5.74, 6) is 0.824. The van der Waals surface area contributed by atoms with Crippen LogP contribution in [-0.4, -0.2) is 37.2 Å². The Bertz CT molecular complexity index is 826. The van der Waals surface area contributed by atoms with Crippen molar-refractivity contribution in [3.05, 3.63) is 0 Å². The Kier molecular flexibility index (Phi) is 39.8. The minimum Gasteiger partial charge on any atom is -0.462 e. The highest BCUT2D eigenvalue weighted by Crippen LogP contribution is 2.17. The highest BCUT2D eigenvalue weighted by molar-refractivity contribution is 5.71. The minimum atomic E-state index is -0.760. The van der Waals surface area contributed by atoms with Crippen molar-refractivity contribution < 1.29 is 28.6 Å². The smallest absolute Gasteiger partial charge is 0.306 e. The number of rotatable bonds is 42. The topological polar surface area (TPSA) is 78.9 Å². The second-order valence-corrected chi connectivity index (χ2v) is 17.1. The maximum atomic E-state index is 12.7. The number of hydrogen-bond donors (Lipinski definition) is 0. The fraction of sp³-hybridized carbons (Fsp3) is 0.938. The van der Waals surface area contributed by atoms with Crippen LogP contribution in [0.3, 0.4) is 0 Å². The molecule has 1 unspecified atom stereocenters. The highest BCUT2D eigenvalue weighted by atomic mass is 16.6. The maximum Gasteiger partial charge on any atom is 0.306 e. The molecule has 0 aromatic carbocycles. The van der Waals surface area contributed by atoms with E-state index in [4.69, 9.17) is 14.2 Å². The number of hydrogen-bond acceptors (Lipinski definition) is 6. The molecule has 0 rings (SSSR count). The van der Waals surface area contributed by atoms with Crippen molar-refractivity contribution in [2.75, 3.05) is 13.2 Å². The van der Waals surface area contributed by atoms with Crippen molar-refractivity contribution in [1.82, 2.24) is 0 Å². The Balaban J connectivity index is 4.29. The fourth-order valence-electron chi connectivity index (χ4n) is 7.07. The molecule has 0 saturated carbocycles. The Morgan fingerprint density at radius 2 is 0.704 bits per heavy atom. The first kappa shape index (κ1) is 52.4. The minimum absolute atomic E-state index is 0.0648. The lowest BCUT2D eigenvalue weighted by Gasteiger charge is -2.18. The van der Waals surface area contributed by atoms with Crippen LogP contribution in [0.25, 0.3) is 0 Å². The van der Waals surface area contributed by atoms with Gasteiger partial charge in [0.2, 0.25) is 0 Å². The highest BCUT2D eigenvalue weighted by Gasteiger charge is 2.19. The van der Waals surface area contributed by atoms with Crippen LogP contribution in [0.2, 0.25) is 0 Å². The molecule has 6 nitrogen and oxygen atoms in total. The van der Waals surface area contributed by atoms with E-state index in [2.05, 4.69) is 34.6 Å². The zero-order chi connectivity index (χ0) is 39.7. The van der Waals surface area contributed by atoms with Gasteiger partial charge in [0, 0.05) is 19.3 Å². The van der Waals surface area contributed by atoms with Crippen molar-refractivity contribution in [2.24, 2.45) is 11.8 Å². The van der Waals surface area contributed by atoms with Crippen LogP contribution < -0.4 is 0 Å². The summed E-state index contributed by atoms with van der Waals surface area (Å²) in [6.45, 7) is 11.3. The second kappa shape index (κ2) is 41.1. The molecule has 0 amide bonds. The van der Waals surface area contributed by atoms with Gasteiger partial charge in [-0.2, -0.15) is 0 Å². The first-order valence-corrected chi connectivity index (χ1v) is 23.8. The summed E-state index contributed by atoms with van der Waals surface area (Å²) < 4.78 is 16.7. The summed E-state index contributed by atoms with van der Waals surface area (Å²) >= 11 is 0. The lowest BCUT2D eigenvalue weighted by atomic mass is 9.99. The van der Waals surface area contributed by atoms with Crippen molar-refractivity contribution in [2.45, 2.75) is 265 Å². The normalized spacial score (nSPS) is 12.6. The Labute approximate surface area is 336 Å². The van der Waals surface area contributed by atoms with E-state index in [9.17, 15) is 14.4 Å². The van der Waals surface area contributed by atoms with Gasteiger partial charge in [0.25, 0.3) is 0 Å². The standard InChI is InChI=1S/C48H92O6/c1-6-8-9-10-11-16-25-30-35-40-48(51)54-45(42-53-47(50)39-34-29-24-20-19-22-27-32-37-44(5)7-2)41-52-46(49)38-33-28-23-18-15-13-12-14-17-21-26-31-36-43(3)4/h43-45H,6-42H2,1-5H3/t44?,45-/m0/s1. The van der Waals surface area contributed by atoms with E-state index in [0.717, 1.165) is 69.6 Å². The van der Waals surface area contributed by atoms with Gasteiger partial charge in [0.15, 0.2) is 6.10 Å². The van der Waals surface area contributed by atoms with Gasteiger partial charge < -0.3 is 14.2 Å². The third-order valence-electron chi connectivity index (χ3n) is 11.1. The van der Waals surface area contributed by atoms with Crippen LogP contribution in [0, 0.1) is 11.8 Å². The summed E-state index contributed by atoms with van der Waals surface area (Å²) in [7, 11) is 0. The monoisotopic (exact) mass is 765 g/mol. The molecule has 0 spiro atoms. The molecule has 0 heterocycles. The van der Waals surface area contributed by atoms with Gasteiger partial charge in [0.1, 0.15) is 13.2 Å². The maximum absolute atomic E-state index is 12.7. The average molecular weight is 765 g/mol. The second-order valence-electron chi connectivity index (χ2n) is 17.1. The van der Waals surface area contributed by atoms with Gasteiger partial charge in [-0.15, -0.1) is 0 Å². The van der Waals surface area contributed by atoms with E-state index < -0.39 is 6.10 Å². The van der Waals surface area contributed by atoms with Crippen LogP contribution in [0.15, 0.2) is 0 Å². The predicted molar refractivity (Wildman–Crippen MR) is 229 cm³/mol. The number of unbranched alkanes of at least 4 members (excludes halogenated alkanes) is 26. The molecule has 0 radical (unpaired) electrons. The first-order chi connectivity index (χ1) is 26.3. The largest absolute Gasteiger partial charge is 0.462 e. The molecule has 0 fully saturated rings. The molecule has 320 valence electrons. The summed E-state index contributed by atoms with van der Waals surface area (Å²) in [6.07, 6.45) is 39.4. The van der Waals surface area contributed by atoms with Gasteiger partial charge in [-0.25, -0.2) is 0 Å². The number of carbonyl (C=O) groups excluding carboxylic acids is 3. The van der Waals surface area contributed by atoms with E-state index in [1.54, 1.807) is 0 Å². The van der Waals surface area contributed by atoms with Crippen LogP contribution in [-0.2, 0) is 28.6 Å². The summed E-state index contributed by atoms with van der Waals surface area (Å²) in [6, 6.07) is 0. The van der Waals surface area contributed by atoms with Crippen LogP contribution in [0.4, 0.5) is 0 Å². The zero-order valence-electron chi connectivity index (χ0n) is 36.8. The lowest BCUT2D eigenvalue weighted by Crippen LogP contribution is -2.30. The fourth-order valence-corrected chi connectivity index (χ4v) is 7.07. The van der Waals surface area contributed by atoms with Crippen molar-refractivity contribution in [1.29, 1.82) is 0 Å². The van der Waals surface area contributed by atoms with Gasteiger partial charge in [-0.05, 0) is 31.1 Å². The van der Waals surface area contributed by atoms with Gasteiger partial charge in [0.05, 0.1) is 0 Å². The molecule has 0 saturated heterocycles. The molecule has 54 heavy (non-hydrogen) atoms. The average Bonchev–Trinajstić information content (AvgIpc) is 3.15. The first-order valence-electron chi connectivity index (χ1n) is 23.8. The molecular weight excluding hydrogens is 673 g/mol. The van der Waals surface area contributed by atoms with E-state index in [-0.39, 0.29) is 31.1 Å². The molecule has 0 aromatic rings. The zero-order valence-corrected chi connectivity index (χ0v) is 36.8. The van der Waals surface area contributed by atoms with Crippen molar-refractivity contribution >= 4 is 17.9 Å². The Morgan fingerprint density at radius 3 is 1.06 bits per heavy atom. The quantitative estimate of drug-likeness (QED) is 0.0350. The Morgan fingerprint density at radius 1 is 0.389 bits per heavy atom. The summed E-state index contributed by atoms with van der Waals surface area (Å²) in [4.78, 5) is 37.7. The third-order valence-corrected chi connectivity index (χ3v) is 11.1. The van der Waals surface area contributed by atoms with Crippen LogP contribution >= 0.6 is 0 Å². The van der Waals surface area contributed by atoms with Crippen molar-refractivity contribution in [3.8, 4) is 0 Å². The van der Waals surface area contributed by atoms with Crippen LogP contribution in [0.1, 0.15) is 259 Å². The summed E-state index contributed by atoms with van der Waals surface area (Å²) in [5, 5.41) is 0. The van der Waals surface area contributed by atoms with E-state index in [1.165, 1.54) is 148 Å². The number of esters is 3. The molecule has 0 aliphatic heterocycles. The molecule has 0 N–H and O–H groups in total. The van der Waals surface area contributed by atoms with E-state index in [1.807, 2.05) is 0 Å². The molecule has 6 heteroatoms. The van der Waals surface area contributed by atoms with Gasteiger partial charge in [-0.3, -0.25) is 14.4 Å². The summed E-state index contributed by atoms with van der Waals surface area (Å²) in [5.41, 5.74) is 0. The van der Waals surface area contributed by atoms with Crippen LogP contribution in [0.5, 0.6) is 0 Å². The van der Waals surface area contributed by atoms with E-state index >= 15 is 0 Å². The molecule has 0 aliphatic rings. The van der Waals surface area contributed by atoms with Gasteiger partial charge >= 0.3 is 17.9 Å². The molecule has 0 bridgehead atoms. The molecule has 2 atom stereocenters. The molecule has 0 aliphatic carbocycles. The molecule has 0 aromatic heterocycles. The third kappa shape index (κ3) is 40.1. The van der Waals surface area contributed by atoms with Crippen molar-refractivity contribution in [3.63, 3.8) is 0 Å². The number of carbonyl (C=O) groups is 3. The SMILES string of the molecule is CCCCCCCCCCCC(=O)O[C@@H](COC(=O)CCCCCCCCCCCCCCC(C)C)COC(=O)CCCCCCCCCCC(C)CC. The molecular formula is C48H92O6. The predicted octanol–water partition coefficient (Wildman–Crippen LogP) is 15.0. The Hall–Kier alpha value is -1.59. The van der Waals surface area contributed by atoms with E-state index in [0.29, 0.717) is 19.3 Å². The number of ether oxygens (including phenoxy) is 3.